The van der Waals surface area contributed by atoms with Gasteiger partial charge in [0.1, 0.15) is 0 Å². The first-order chi connectivity index (χ1) is 14.3. The summed E-state index contributed by atoms with van der Waals surface area (Å²) in [4.78, 5) is 6.78. The van der Waals surface area contributed by atoms with Crippen LogP contribution in [0.2, 0.25) is 0 Å². The molecule has 0 radical (unpaired) electrons. The Morgan fingerprint density at radius 2 is 1.76 bits per heavy atom. The lowest BCUT2D eigenvalue weighted by molar-refractivity contribution is 0.174. The van der Waals surface area contributed by atoms with Crippen LogP contribution in [0, 0.1) is 0 Å². The first-order valence-corrected chi connectivity index (χ1v) is 11.2. The molecule has 0 unspecified atom stereocenters. The number of benzene rings is 2. The molecule has 6 nitrogen and oxygen atoms in total. The molecule has 7 heteroatoms. The lowest BCUT2D eigenvalue weighted by Crippen LogP contribution is -2.37. The molecule has 4 rings (SSSR count). The summed E-state index contributed by atoms with van der Waals surface area (Å²) in [6, 6.07) is 14.9. The van der Waals surface area contributed by atoms with Crippen LogP contribution in [0.3, 0.4) is 0 Å². The van der Waals surface area contributed by atoms with Gasteiger partial charge >= 0.3 is 0 Å². The van der Waals surface area contributed by atoms with E-state index in [2.05, 4.69) is 50.9 Å². The zero-order chi connectivity index (χ0) is 19.9. The van der Waals surface area contributed by atoms with Crippen LogP contribution in [-0.2, 0) is 13.0 Å². The molecule has 0 spiro atoms. The van der Waals surface area contributed by atoms with Crippen molar-refractivity contribution < 1.29 is 9.47 Å². The van der Waals surface area contributed by atoms with Crippen LogP contribution >= 0.6 is 11.8 Å². The number of nitrogens with zero attached hydrogens (tertiary/aromatic N) is 2. The van der Waals surface area contributed by atoms with Crippen molar-refractivity contribution in [2.24, 2.45) is 4.99 Å². The number of thioether (sulfide) groups is 1. The molecule has 0 aromatic heterocycles. The van der Waals surface area contributed by atoms with E-state index in [1.165, 1.54) is 28.3 Å². The zero-order valence-corrected chi connectivity index (χ0v) is 17.6. The first kappa shape index (κ1) is 19.8. The van der Waals surface area contributed by atoms with Gasteiger partial charge in [0.05, 0.1) is 0 Å². The van der Waals surface area contributed by atoms with E-state index in [9.17, 15) is 0 Å². The number of guanidine groups is 1. The Morgan fingerprint density at radius 1 is 1.00 bits per heavy atom. The summed E-state index contributed by atoms with van der Waals surface area (Å²) in [6.07, 6.45) is 0.889. The molecular weight excluding hydrogens is 384 g/mol. The van der Waals surface area contributed by atoms with Crippen LogP contribution in [-0.4, -0.2) is 50.9 Å². The number of nitrogens with one attached hydrogen (secondary N) is 2. The van der Waals surface area contributed by atoms with Crippen LogP contribution in [0.1, 0.15) is 11.1 Å². The highest BCUT2D eigenvalue weighted by Gasteiger charge is 2.13. The van der Waals surface area contributed by atoms with E-state index in [0.717, 1.165) is 50.1 Å². The van der Waals surface area contributed by atoms with E-state index in [1.807, 2.05) is 23.9 Å². The smallest absolute Gasteiger partial charge is 0.231 e. The molecule has 2 aliphatic heterocycles. The summed E-state index contributed by atoms with van der Waals surface area (Å²) in [5.41, 5.74) is 3.78. The Balaban J connectivity index is 1.22. The van der Waals surface area contributed by atoms with Crippen molar-refractivity contribution >= 4 is 23.4 Å². The molecule has 2 aromatic rings. The number of anilines is 1. The largest absolute Gasteiger partial charge is 0.454 e. The molecule has 2 N–H and O–H groups in total. The third kappa shape index (κ3) is 5.29. The highest BCUT2D eigenvalue weighted by molar-refractivity contribution is 7.99. The number of aliphatic imine (C=N–C) groups is 1. The van der Waals surface area contributed by atoms with Crippen molar-refractivity contribution in [1.29, 1.82) is 0 Å². The van der Waals surface area contributed by atoms with Gasteiger partial charge in [0.25, 0.3) is 0 Å². The van der Waals surface area contributed by atoms with Gasteiger partial charge in [0.15, 0.2) is 17.5 Å². The Hall–Kier alpha value is -2.54. The van der Waals surface area contributed by atoms with Crippen molar-refractivity contribution in [2.45, 2.75) is 13.0 Å². The fourth-order valence-corrected chi connectivity index (χ4v) is 4.38. The lowest BCUT2D eigenvalue weighted by Gasteiger charge is -2.28. The maximum absolute atomic E-state index is 5.44. The second-order valence-corrected chi connectivity index (χ2v) is 8.28. The number of ether oxygens (including phenoxy) is 2. The Morgan fingerprint density at radius 3 is 2.55 bits per heavy atom. The SMILES string of the molecule is CN=C(NCCc1ccc2c(c1)OCO2)NCc1ccc(N2CCSCC2)cc1. The van der Waals surface area contributed by atoms with E-state index in [1.54, 1.807) is 7.05 Å². The highest BCUT2D eigenvalue weighted by atomic mass is 32.2. The molecule has 0 aliphatic carbocycles. The topological polar surface area (TPSA) is 58.1 Å². The minimum atomic E-state index is 0.311. The van der Waals surface area contributed by atoms with Crippen LogP contribution in [0.4, 0.5) is 5.69 Å². The van der Waals surface area contributed by atoms with Crippen molar-refractivity contribution in [3.8, 4) is 11.5 Å². The van der Waals surface area contributed by atoms with Gasteiger partial charge in [-0.25, -0.2) is 0 Å². The summed E-state index contributed by atoms with van der Waals surface area (Å²) in [5, 5.41) is 6.77. The summed E-state index contributed by atoms with van der Waals surface area (Å²) in [5.74, 6) is 4.90. The van der Waals surface area contributed by atoms with Crippen molar-refractivity contribution in [3.05, 3.63) is 53.6 Å². The average molecular weight is 413 g/mol. The van der Waals surface area contributed by atoms with Gasteiger partial charge in [0, 0.05) is 50.4 Å². The van der Waals surface area contributed by atoms with E-state index < -0.39 is 0 Å². The Labute approximate surface area is 176 Å². The van der Waals surface area contributed by atoms with Crippen LogP contribution in [0.15, 0.2) is 47.5 Å². The van der Waals surface area contributed by atoms with Gasteiger partial charge in [-0.2, -0.15) is 11.8 Å². The minimum Gasteiger partial charge on any atom is -0.454 e. The molecule has 0 amide bonds. The van der Waals surface area contributed by atoms with Crippen LogP contribution in [0.25, 0.3) is 0 Å². The zero-order valence-electron chi connectivity index (χ0n) is 16.8. The second kappa shape index (κ2) is 9.78. The fourth-order valence-electron chi connectivity index (χ4n) is 3.47. The number of hydrogen-bond acceptors (Lipinski definition) is 5. The molecule has 154 valence electrons. The molecule has 2 aliphatic rings. The number of fused-ring (bicyclic) bond motifs is 1. The van der Waals surface area contributed by atoms with Gasteiger partial charge in [-0.3, -0.25) is 4.99 Å². The Kier molecular flexibility index (Phi) is 6.67. The maximum atomic E-state index is 5.44. The summed E-state index contributed by atoms with van der Waals surface area (Å²) < 4.78 is 10.8. The quantitative estimate of drug-likeness (QED) is 0.562. The molecule has 2 aromatic carbocycles. The predicted octanol–water partition coefficient (Wildman–Crippen LogP) is 2.88. The van der Waals surface area contributed by atoms with Crippen molar-refractivity contribution in [1.82, 2.24) is 10.6 Å². The first-order valence-electron chi connectivity index (χ1n) is 10.1. The molecule has 29 heavy (non-hydrogen) atoms. The standard InChI is InChI=1S/C22H28N4O2S/c1-23-22(24-9-8-17-4-7-20-21(14-17)28-16-27-20)25-15-18-2-5-19(6-3-18)26-10-12-29-13-11-26/h2-7,14H,8-13,15-16H2,1H3,(H2,23,24,25). The molecule has 0 saturated carbocycles. The van der Waals surface area contributed by atoms with Gasteiger partial charge < -0.3 is 25.0 Å². The van der Waals surface area contributed by atoms with Gasteiger partial charge in [-0.1, -0.05) is 18.2 Å². The third-order valence-corrected chi connectivity index (χ3v) is 6.08. The van der Waals surface area contributed by atoms with Crippen LogP contribution < -0.4 is 25.0 Å². The molecule has 0 atom stereocenters. The van der Waals surface area contributed by atoms with E-state index >= 15 is 0 Å². The van der Waals surface area contributed by atoms with E-state index in [-0.39, 0.29) is 0 Å². The third-order valence-electron chi connectivity index (χ3n) is 5.14. The molecule has 0 bridgehead atoms. The van der Waals surface area contributed by atoms with E-state index in [4.69, 9.17) is 9.47 Å². The molecule has 1 saturated heterocycles. The summed E-state index contributed by atoms with van der Waals surface area (Å²) in [6.45, 7) is 4.14. The number of hydrogen-bond donors (Lipinski definition) is 2. The van der Waals surface area contributed by atoms with Crippen molar-refractivity contribution in [2.75, 3.05) is 49.9 Å². The summed E-state index contributed by atoms with van der Waals surface area (Å²) >= 11 is 2.04. The van der Waals surface area contributed by atoms with Crippen molar-refractivity contribution in [3.63, 3.8) is 0 Å². The normalized spacial score (nSPS) is 16.0. The maximum Gasteiger partial charge on any atom is 0.231 e. The van der Waals surface area contributed by atoms with Gasteiger partial charge in [-0.05, 0) is 41.8 Å². The minimum absolute atomic E-state index is 0.311. The molecule has 2 heterocycles. The molecule has 1 fully saturated rings. The highest BCUT2D eigenvalue weighted by Crippen LogP contribution is 2.32. The fraction of sp³-hybridized carbons (Fsp3) is 0.409. The van der Waals surface area contributed by atoms with E-state index in [0.29, 0.717) is 6.79 Å². The average Bonchev–Trinajstić information content (AvgIpc) is 3.25. The summed E-state index contributed by atoms with van der Waals surface area (Å²) in [7, 11) is 1.80. The predicted molar refractivity (Wildman–Crippen MR) is 120 cm³/mol. The monoisotopic (exact) mass is 412 g/mol. The molecular formula is C22H28N4O2S. The van der Waals surface area contributed by atoms with Gasteiger partial charge in [0.2, 0.25) is 6.79 Å². The second-order valence-electron chi connectivity index (χ2n) is 7.06. The van der Waals surface area contributed by atoms with Gasteiger partial charge in [-0.15, -0.1) is 0 Å². The number of rotatable bonds is 6. The lowest BCUT2D eigenvalue weighted by atomic mass is 10.1. The van der Waals surface area contributed by atoms with Crippen LogP contribution in [0.5, 0.6) is 11.5 Å². The Bertz CT molecular complexity index is 835.